The van der Waals surface area contributed by atoms with Gasteiger partial charge in [-0.1, -0.05) is 6.92 Å². The third-order valence-electron chi connectivity index (χ3n) is 3.63. The van der Waals surface area contributed by atoms with Crippen LogP contribution < -0.4 is 5.32 Å². The standard InChI is InChI=1S/C14H23NO2/c1-3-15-14(13-6-9-17-11(13)2)10-12-4-7-16-8-5-12/h6,9,12,14-15H,3-5,7-8,10H2,1-2H3. The molecule has 1 aromatic heterocycles. The molecule has 0 amide bonds. The van der Waals surface area contributed by atoms with E-state index in [9.17, 15) is 0 Å². The molecule has 1 saturated heterocycles. The molecule has 1 atom stereocenters. The molecular formula is C14H23NO2. The lowest BCUT2D eigenvalue weighted by Crippen LogP contribution is -2.26. The van der Waals surface area contributed by atoms with E-state index < -0.39 is 0 Å². The number of ether oxygens (including phenoxy) is 1. The third kappa shape index (κ3) is 3.33. The second kappa shape index (κ2) is 6.22. The van der Waals surface area contributed by atoms with E-state index in [1.165, 1.54) is 24.8 Å². The molecule has 0 spiro atoms. The zero-order valence-corrected chi connectivity index (χ0v) is 10.9. The van der Waals surface area contributed by atoms with Crippen LogP contribution in [0.1, 0.15) is 43.6 Å². The number of aryl methyl sites for hydroxylation is 1. The highest BCUT2D eigenvalue weighted by atomic mass is 16.5. The summed E-state index contributed by atoms with van der Waals surface area (Å²) in [6.07, 6.45) is 5.37. The predicted octanol–water partition coefficient (Wildman–Crippen LogP) is 3.06. The van der Waals surface area contributed by atoms with Crippen LogP contribution in [0, 0.1) is 12.8 Å². The molecule has 0 radical (unpaired) electrons. The van der Waals surface area contributed by atoms with Crippen molar-refractivity contribution in [2.45, 2.75) is 39.2 Å². The zero-order chi connectivity index (χ0) is 12.1. The van der Waals surface area contributed by atoms with E-state index >= 15 is 0 Å². The van der Waals surface area contributed by atoms with Gasteiger partial charge in [0.15, 0.2) is 0 Å². The summed E-state index contributed by atoms with van der Waals surface area (Å²) < 4.78 is 10.8. The van der Waals surface area contributed by atoms with Crippen molar-refractivity contribution in [1.82, 2.24) is 5.32 Å². The molecular weight excluding hydrogens is 214 g/mol. The van der Waals surface area contributed by atoms with Crippen LogP contribution in [0.5, 0.6) is 0 Å². The van der Waals surface area contributed by atoms with E-state index in [0.29, 0.717) is 6.04 Å². The summed E-state index contributed by atoms with van der Waals surface area (Å²) in [5.74, 6) is 1.82. The van der Waals surface area contributed by atoms with E-state index in [0.717, 1.165) is 31.4 Å². The minimum atomic E-state index is 0.432. The normalized spacial score (nSPS) is 19.4. The molecule has 2 heterocycles. The lowest BCUT2D eigenvalue weighted by Gasteiger charge is -2.27. The van der Waals surface area contributed by atoms with Gasteiger partial charge in [-0.15, -0.1) is 0 Å². The smallest absolute Gasteiger partial charge is 0.105 e. The molecule has 0 bridgehead atoms. The van der Waals surface area contributed by atoms with Gasteiger partial charge in [0.1, 0.15) is 5.76 Å². The van der Waals surface area contributed by atoms with Crippen LogP contribution in [0.25, 0.3) is 0 Å². The van der Waals surface area contributed by atoms with Gasteiger partial charge in [0.2, 0.25) is 0 Å². The Hall–Kier alpha value is -0.800. The van der Waals surface area contributed by atoms with Crippen LogP contribution in [0.15, 0.2) is 16.7 Å². The summed E-state index contributed by atoms with van der Waals surface area (Å²) in [7, 11) is 0. The van der Waals surface area contributed by atoms with Gasteiger partial charge in [-0.2, -0.15) is 0 Å². The number of rotatable bonds is 5. The summed E-state index contributed by atoms with van der Waals surface area (Å²) in [5, 5.41) is 3.57. The maximum absolute atomic E-state index is 5.42. The highest BCUT2D eigenvalue weighted by Crippen LogP contribution is 2.29. The SMILES string of the molecule is CCNC(CC1CCOCC1)c1ccoc1C. The fourth-order valence-corrected chi connectivity index (χ4v) is 2.64. The fraction of sp³-hybridized carbons (Fsp3) is 0.714. The average Bonchev–Trinajstić information content (AvgIpc) is 2.76. The Kier molecular flexibility index (Phi) is 4.63. The Morgan fingerprint density at radius 3 is 2.76 bits per heavy atom. The predicted molar refractivity (Wildman–Crippen MR) is 68.0 cm³/mol. The molecule has 1 fully saturated rings. The molecule has 17 heavy (non-hydrogen) atoms. The maximum atomic E-state index is 5.42. The van der Waals surface area contributed by atoms with Gasteiger partial charge in [0.25, 0.3) is 0 Å². The fourth-order valence-electron chi connectivity index (χ4n) is 2.64. The first-order chi connectivity index (χ1) is 8.31. The van der Waals surface area contributed by atoms with E-state index in [4.69, 9.17) is 9.15 Å². The summed E-state index contributed by atoms with van der Waals surface area (Å²) in [6.45, 7) is 7.05. The molecule has 1 aliphatic rings. The van der Waals surface area contributed by atoms with Crippen molar-refractivity contribution in [3.63, 3.8) is 0 Å². The van der Waals surface area contributed by atoms with Crippen LogP contribution in [0.4, 0.5) is 0 Å². The molecule has 1 N–H and O–H groups in total. The molecule has 0 aromatic carbocycles. The number of nitrogens with one attached hydrogen (secondary N) is 1. The summed E-state index contributed by atoms with van der Waals surface area (Å²) >= 11 is 0. The molecule has 3 nitrogen and oxygen atoms in total. The van der Waals surface area contributed by atoms with Crippen molar-refractivity contribution >= 4 is 0 Å². The van der Waals surface area contributed by atoms with Gasteiger partial charge >= 0.3 is 0 Å². The van der Waals surface area contributed by atoms with Gasteiger partial charge in [0.05, 0.1) is 6.26 Å². The Morgan fingerprint density at radius 2 is 2.18 bits per heavy atom. The minimum Gasteiger partial charge on any atom is -0.469 e. The molecule has 96 valence electrons. The van der Waals surface area contributed by atoms with Crippen molar-refractivity contribution in [2.75, 3.05) is 19.8 Å². The highest BCUT2D eigenvalue weighted by molar-refractivity contribution is 5.20. The Bertz CT molecular complexity index is 329. The van der Waals surface area contributed by atoms with Crippen molar-refractivity contribution in [3.8, 4) is 0 Å². The molecule has 1 aliphatic heterocycles. The molecule has 3 heteroatoms. The first kappa shape index (κ1) is 12.7. The van der Waals surface area contributed by atoms with Gasteiger partial charge in [-0.3, -0.25) is 0 Å². The molecule has 1 unspecified atom stereocenters. The second-order valence-corrected chi connectivity index (χ2v) is 4.83. The minimum absolute atomic E-state index is 0.432. The van der Waals surface area contributed by atoms with Crippen molar-refractivity contribution in [1.29, 1.82) is 0 Å². The van der Waals surface area contributed by atoms with Gasteiger partial charge in [0, 0.05) is 24.8 Å². The molecule has 0 saturated carbocycles. The lowest BCUT2D eigenvalue weighted by molar-refractivity contribution is 0.0605. The number of hydrogen-bond acceptors (Lipinski definition) is 3. The van der Waals surface area contributed by atoms with Crippen LogP contribution in [-0.2, 0) is 4.74 Å². The lowest BCUT2D eigenvalue weighted by atomic mass is 9.89. The second-order valence-electron chi connectivity index (χ2n) is 4.83. The highest BCUT2D eigenvalue weighted by Gasteiger charge is 2.21. The van der Waals surface area contributed by atoms with Gasteiger partial charge in [-0.05, 0) is 44.7 Å². The van der Waals surface area contributed by atoms with Gasteiger partial charge < -0.3 is 14.5 Å². The largest absolute Gasteiger partial charge is 0.469 e. The van der Waals surface area contributed by atoms with Crippen LogP contribution >= 0.6 is 0 Å². The van der Waals surface area contributed by atoms with E-state index in [-0.39, 0.29) is 0 Å². The number of furan rings is 1. The first-order valence-electron chi connectivity index (χ1n) is 6.66. The zero-order valence-electron chi connectivity index (χ0n) is 10.9. The molecule has 0 aliphatic carbocycles. The summed E-state index contributed by atoms with van der Waals surface area (Å²) in [6, 6.07) is 2.53. The van der Waals surface area contributed by atoms with Crippen molar-refractivity contribution in [3.05, 3.63) is 23.7 Å². The van der Waals surface area contributed by atoms with E-state index in [1.54, 1.807) is 6.26 Å². The first-order valence-corrected chi connectivity index (χ1v) is 6.66. The molecule has 2 rings (SSSR count). The Labute approximate surface area is 104 Å². The quantitative estimate of drug-likeness (QED) is 0.854. The van der Waals surface area contributed by atoms with E-state index in [1.807, 2.05) is 6.92 Å². The van der Waals surface area contributed by atoms with Gasteiger partial charge in [-0.25, -0.2) is 0 Å². The van der Waals surface area contributed by atoms with Crippen LogP contribution in [-0.4, -0.2) is 19.8 Å². The third-order valence-corrected chi connectivity index (χ3v) is 3.63. The van der Waals surface area contributed by atoms with Crippen LogP contribution in [0.2, 0.25) is 0 Å². The van der Waals surface area contributed by atoms with E-state index in [2.05, 4.69) is 18.3 Å². The monoisotopic (exact) mass is 237 g/mol. The Balaban J connectivity index is 1.99. The number of hydrogen-bond donors (Lipinski definition) is 1. The Morgan fingerprint density at radius 1 is 1.41 bits per heavy atom. The topological polar surface area (TPSA) is 34.4 Å². The summed E-state index contributed by atoms with van der Waals surface area (Å²) in [4.78, 5) is 0. The summed E-state index contributed by atoms with van der Waals surface area (Å²) in [5.41, 5.74) is 1.32. The maximum Gasteiger partial charge on any atom is 0.105 e. The average molecular weight is 237 g/mol. The van der Waals surface area contributed by atoms with Crippen molar-refractivity contribution < 1.29 is 9.15 Å². The van der Waals surface area contributed by atoms with Crippen molar-refractivity contribution in [2.24, 2.45) is 5.92 Å². The van der Waals surface area contributed by atoms with Crippen LogP contribution in [0.3, 0.4) is 0 Å². The molecule has 1 aromatic rings.